The number of carboxylic acid groups (broad SMARTS) is 1. The summed E-state index contributed by atoms with van der Waals surface area (Å²) in [5.74, 6) is -5.06. The van der Waals surface area contributed by atoms with Crippen molar-refractivity contribution in [3.8, 4) is 5.75 Å². The monoisotopic (exact) mass is 524 g/mol. The molecular formula is C23H20ClF3N4O5. The van der Waals surface area contributed by atoms with E-state index < -0.39 is 48.4 Å². The Morgan fingerprint density at radius 3 is 2.47 bits per heavy atom. The van der Waals surface area contributed by atoms with E-state index in [4.69, 9.17) is 21.4 Å². The molecule has 0 fully saturated rings. The third-order valence-electron chi connectivity index (χ3n) is 4.84. The molecule has 2 amide bonds. The van der Waals surface area contributed by atoms with Crippen LogP contribution in [0.2, 0.25) is 5.02 Å². The molecular weight excluding hydrogens is 505 g/mol. The molecule has 190 valence electrons. The van der Waals surface area contributed by atoms with E-state index in [1.807, 2.05) is 0 Å². The SMILES string of the molecule is C=C(CCC(=O)NCc1nc2cc(F)c(F)cc2n1CC(=O)O)NC(=O)COc1ccc(Cl)c(F)c1. The fourth-order valence-electron chi connectivity index (χ4n) is 3.16. The van der Waals surface area contributed by atoms with Crippen LogP contribution in [-0.2, 0) is 27.5 Å². The number of allylic oxidation sites excluding steroid dienone is 1. The van der Waals surface area contributed by atoms with Crippen molar-refractivity contribution in [3.05, 3.63) is 70.9 Å². The lowest BCUT2D eigenvalue weighted by atomic mass is 10.2. The second-order valence-electron chi connectivity index (χ2n) is 7.56. The van der Waals surface area contributed by atoms with Crippen LogP contribution in [0.25, 0.3) is 11.0 Å². The minimum absolute atomic E-state index is 0.0408. The Hall–Kier alpha value is -4.06. The van der Waals surface area contributed by atoms with Crippen LogP contribution < -0.4 is 15.4 Å². The maximum absolute atomic E-state index is 13.6. The van der Waals surface area contributed by atoms with Crippen LogP contribution >= 0.6 is 11.6 Å². The van der Waals surface area contributed by atoms with E-state index in [0.29, 0.717) is 0 Å². The molecule has 3 rings (SSSR count). The number of hydrogen-bond donors (Lipinski definition) is 3. The molecule has 0 bridgehead atoms. The van der Waals surface area contributed by atoms with Gasteiger partial charge >= 0.3 is 5.97 Å². The largest absolute Gasteiger partial charge is 0.484 e. The highest BCUT2D eigenvalue weighted by Crippen LogP contribution is 2.21. The van der Waals surface area contributed by atoms with Gasteiger partial charge in [0.1, 0.15) is 23.9 Å². The Morgan fingerprint density at radius 1 is 1.06 bits per heavy atom. The van der Waals surface area contributed by atoms with Gasteiger partial charge in [0.15, 0.2) is 18.2 Å². The molecule has 0 aliphatic rings. The lowest BCUT2D eigenvalue weighted by molar-refractivity contribution is -0.137. The first-order valence-corrected chi connectivity index (χ1v) is 10.8. The number of halogens is 4. The second-order valence-corrected chi connectivity index (χ2v) is 7.96. The van der Waals surface area contributed by atoms with Gasteiger partial charge in [-0.25, -0.2) is 18.2 Å². The maximum Gasteiger partial charge on any atom is 0.323 e. The highest BCUT2D eigenvalue weighted by Gasteiger charge is 2.17. The first-order valence-electron chi connectivity index (χ1n) is 10.4. The molecule has 0 aliphatic carbocycles. The normalized spacial score (nSPS) is 10.8. The number of ether oxygens (including phenoxy) is 1. The maximum atomic E-state index is 13.6. The van der Waals surface area contributed by atoms with E-state index in [1.165, 1.54) is 12.1 Å². The number of carbonyl (C=O) groups is 3. The minimum Gasteiger partial charge on any atom is -0.484 e. The number of benzene rings is 2. The highest BCUT2D eigenvalue weighted by atomic mass is 35.5. The number of amides is 2. The molecule has 0 radical (unpaired) electrons. The number of fused-ring (bicyclic) bond motifs is 1. The summed E-state index contributed by atoms with van der Waals surface area (Å²) in [6.07, 6.45) is -0.000107. The van der Waals surface area contributed by atoms with Crippen molar-refractivity contribution in [2.45, 2.75) is 25.9 Å². The summed E-state index contributed by atoms with van der Waals surface area (Å²) in [5.41, 5.74) is 0.337. The quantitative estimate of drug-likeness (QED) is 0.354. The van der Waals surface area contributed by atoms with Gasteiger partial charge in [0.2, 0.25) is 5.91 Å². The Bertz CT molecular complexity index is 1350. The van der Waals surface area contributed by atoms with Crippen molar-refractivity contribution in [1.82, 2.24) is 20.2 Å². The number of rotatable bonds is 11. The van der Waals surface area contributed by atoms with Crippen molar-refractivity contribution in [3.63, 3.8) is 0 Å². The minimum atomic E-state index is -1.23. The Labute approximate surface area is 207 Å². The first kappa shape index (κ1) is 26.5. The van der Waals surface area contributed by atoms with Gasteiger partial charge in [-0.05, 0) is 18.6 Å². The van der Waals surface area contributed by atoms with Gasteiger partial charge in [0, 0.05) is 30.3 Å². The van der Waals surface area contributed by atoms with E-state index in [-0.39, 0.29) is 52.7 Å². The molecule has 2 aromatic carbocycles. The predicted octanol–water partition coefficient (Wildman–Crippen LogP) is 3.30. The Morgan fingerprint density at radius 2 is 1.78 bits per heavy atom. The number of nitrogens with one attached hydrogen (secondary N) is 2. The van der Waals surface area contributed by atoms with Gasteiger partial charge in [-0.15, -0.1) is 0 Å². The molecule has 1 heterocycles. The van der Waals surface area contributed by atoms with Crippen LogP contribution in [0, 0.1) is 17.5 Å². The number of carbonyl (C=O) groups excluding carboxylic acids is 2. The van der Waals surface area contributed by atoms with Crippen molar-refractivity contribution < 1.29 is 37.4 Å². The van der Waals surface area contributed by atoms with Crippen LogP contribution in [0.4, 0.5) is 13.2 Å². The zero-order valence-electron chi connectivity index (χ0n) is 18.6. The third-order valence-corrected chi connectivity index (χ3v) is 5.14. The second kappa shape index (κ2) is 11.6. The highest BCUT2D eigenvalue weighted by molar-refractivity contribution is 6.30. The average Bonchev–Trinajstić information content (AvgIpc) is 3.12. The van der Waals surface area contributed by atoms with Crippen LogP contribution in [-0.4, -0.2) is 39.0 Å². The van der Waals surface area contributed by atoms with Gasteiger partial charge in [-0.2, -0.15) is 0 Å². The number of hydrogen-bond acceptors (Lipinski definition) is 5. The third kappa shape index (κ3) is 6.98. The molecule has 0 aliphatic heterocycles. The van der Waals surface area contributed by atoms with Crippen molar-refractivity contribution in [2.75, 3.05) is 6.61 Å². The summed E-state index contributed by atoms with van der Waals surface area (Å²) in [6, 6.07) is 5.40. The molecule has 0 unspecified atom stereocenters. The van der Waals surface area contributed by atoms with E-state index in [1.54, 1.807) is 0 Å². The summed E-state index contributed by atoms with van der Waals surface area (Å²) >= 11 is 5.58. The topological polar surface area (TPSA) is 123 Å². The standard InChI is InChI=1S/C23H20ClF3N4O5/c1-12(29-22(33)11-36-13-3-4-14(24)15(25)6-13)2-5-21(32)28-9-20-30-18-7-16(26)17(27)8-19(18)31(20)10-23(34)35/h3-4,6-8H,1-2,5,9-11H2,(H,28,32)(H,29,33)(H,34,35). The fraction of sp³-hybridized carbons (Fsp3) is 0.217. The van der Waals surface area contributed by atoms with Gasteiger partial charge < -0.3 is 25.0 Å². The van der Waals surface area contributed by atoms with Crippen molar-refractivity contribution >= 4 is 40.4 Å². The molecule has 0 saturated heterocycles. The number of imidazole rings is 1. The number of aliphatic carboxylic acids is 1. The van der Waals surface area contributed by atoms with Crippen molar-refractivity contribution in [2.24, 2.45) is 0 Å². The first-order chi connectivity index (χ1) is 17.0. The molecule has 0 atom stereocenters. The zero-order chi connectivity index (χ0) is 26.4. The molecule has 3 aromatic rings. The molecule has 13 heteroatoms. The Kier molecular flexibility index (Phi) is 8.54. The molecule has 3 N–H and O–H groups in total. The lowest BCUT2D eigenvalue weighted by Crippen LogP contribution is -2.29. The molecule has 9 nitrogen and oxygen atoms in total. The van der Waals surface area contributed by atoms with Gasteiger partial charge in [-0.1, -0.05) is 18.2 Å². The van der Waals surface area contributed by atoms with E-state index in [0.717, 1.165) is 22.8 Å². The van der Waals surface area contributed by atoms with Gasteiger partial charge in [0.25, 0.3) is 5.91 Å². The van der Waals surface area contributed by atoms with E-state index in [2.05, 4.69) is 22.2 Å². The van der Waals surface area contributed by atoms with E-state index in [9.17, 15) is 27.6 Å². The number of carboxylic acids is 1. The van der Waals surface area contributed by atoms with Crippen LogP contribution in [0.1, 0.15) is 18.7 Å². The molecule has 0 spiro atoms. The summed E-state index contributed by atoms with van der Waals surface area (Å²) in [4.78, 5) is 39.5. The summed E-state index contributed by atoms with van der Waals surface area (Å²) in [7, 11) is 0. The number of nitrogens with zero attached hydrogens (tertiary/aromatic N) is 2. The lowest BCUT2D eigenvalue weighted by Gasteiger charge is -2.11. The smallest absolute Gasteiger partial charge is 0.323 e. The number of aromatic nitrogens is 2. The molecule has 1 aromatic heterocycles. The average molecular weight is 525 g/mol. The zero-order valence-corrected chi connectivity index (χ0v) is 19.4. The fourth-order valence-corrected chi connectivity index (χ4v) is 3.28. The molecule has 36 heavy (non-hydrogen) atoms. The van der Waals surface area contributed by atoms with Crippen LogP contribution in [0.3, 0.4) is 0 Å². The van der Waals surface area contributed by atoms with Gasteiger partial charge in [0.05, 0.1) is 22.6 Å². The van der Waals surface area contributed by atoms with Crippen LogP contribution in [0.5, 0.6) is 5.75 Å². The van der Waals surface area contributed by atoms with Crippen LogP contribution in [0.15, 0.2) is 42.6 Å². The predicted molar refractivity (Wildman–Crippen MR) is 123 cm³/mol. The summed E-state index contributed by atoms with van der Waals surface area (Å²) in [6.45, 7) is 2.47. The summed E-state index contributed by atoms with van der Waals surface area (Å²) in [5, 5.41) is 14.0. The van der Waals surface area contributed by atoms with Crippen molar-refractivity contribution in [1.29, 1.82) is 0 Å². The summed E-state index contributed by atoms with van der Waals surface area (Å²) < 4.78 is 46.9. The van der Waals surface area contributed by atoms with E-state index >= 15 is 0 Å². The molecule has 0 saturated carbocycles. The Balaban J connectivity index is 1.49. The van der Waals surface area contributed by atoms with Gasteiger partial charge in [-0.3, -0.25) is 14.4 Å².